The molecule has 0 saturated heterocycles. The Hall–Kier alpha value is -3.47. The predicted octanol–water partition coefficient (Wildman–Crippen LogP) is 5.03. The summed E-state index contributed by atoms with van der Waals surface area (Å²) in [5.41, 5.74) is 4.56. The molecule has 4 nitrogen and oxygen atoms in total. The molecule has 0 unspecified atom stereocenters. The summed E-state index contributed by atoms with van der Waals surface area (Å²) in [6.07, 6.45) is 7.55. The zero-order chi connectivity index (χ0) is 20.0. The summed E-state index contributed by atoms with van der Waals surface area (Å²) >= 11 is 0. The third-order valence-corrected chi connectivity index (χ3v) is 5.44. The van der Waals surface area contributed by atoms with Crippen LogP contribution in [0.2, 0.25) is 0 Å². The average molecular weight is 385 g/mol. The van der Waals surface area contributed by atoms with Crippen LogP contribution in [0.15, 0.2) is 67.1 Å². The molecule has 0 aliphatic heterocycles. The molecule has 1 aliphatic rings. The molecule has 5 rings (SSSR count). The van der Waals surface area contributed by atoms with E-state index in [1.165, 1.54) is 6.07 Å². The van der Waals surface area contributed by atoms with Gasteiger partial charge in [-0.15, -0.1) is 0 Å². The Morgan fingerprint density at radius 1 is 1.17 bits per heavy atom. The molecule has 1 amide bonds. The normalized spacial score (nSPS) is 13.6. The monoisotopic (exact) mass is 385 g/mol. The molecule has 0 atom stereocenters. The highest BCUT2D eigenvalue weighted by atomic mass is 19.1. The number of pyridine rings is 1. The smallest absolute Gasteiger partial charge is 0.251 e. The molecule has 0 bridgehead atoms. The fraction of sp³-hybridized carbons (Fsp3) is 0.167. The largest absolute Gasteiger partial charge is 0.349 e. The fourth-order valence-electron chi connectivity index (χ4n) is 3.64. The zero-order valence-electron chi connectivity index (χ0n) is 16.0. The SMILES string of the molecule is Cc1c(F)cc(C(=O)NC2CC2)cc1-c1ccc2c(ccn2-c2cccnc2)c1. The van der Waals surface area contributed by atoms with Crippen LogP contribution in [0.4, 0.5) is 4.39 Å². The van der Waals surface area contributed by atoms with Gasteiger partial charge in [0.2, 0.25) is 0 Å². The average Bonchev–Trinajstić information content (AvgIpc) is 3.45. The van der Waals surface area contributed by atoms with Crippen LogP contribution in [0.1, 0.15) is 28.8 Å². The maximum atomic E-state index is 14.6. The first-order valence-electron chi connectivity index (χ1n) is 9.73. The number of amides is 1. The highest BCUT2D eigenvalue weighted by molar-refractivity contribution is 5.97. The molecule has 5 heteroatoms. The van der Waals surface area contributed by atoms with Crippen molar-refractivity contribution >= 4 is 16.8 Å². The Labute approximate surface area is 168 Å². The summed E-state index contributed by atoms with van der Waals surface area (Å²) in [7, 11) is 0. The van der Waals surface area contributed by atoms with E-state index in [2.05, 4.69) is 14.9 Å². The van der Waals surface area contributed by atoms with Gasteiger partial charge in [-0.25, -0.2) is 4.39 Å². The molecule has 2 heterocycles. The molecule has 4 aromatic rings. The number of aromatic nitrogens is 2. The van der Waals surface area contributed by atoms with E-state index in [9.17, 15) is 9.18 Å². The van der Waals surface area contributed by atoms with Crippen molar-refractivity contribution in [3.05, 3.63) is 84.1 Å². The lowest BCUT2D eigenvalue weighted by molar-refractivity contribution is 0.0950. The first-order valence-corrected chi connectivity index (χ1v) is 9.73. The molecule has 0 spiro atoms. The summed E-state index contributed by atoms with van der Waals surface area (Å²) in [6.45, 7) is 1.75. The van der Waals surface area contributed by atoms with E-state index >= 15 is 0 Å². The quantitative estimate of drug-likeness (QED) is 0.535. The molecule has 2 aromatic heterocycles. The van der Waals surface area contributed by atoms with Crippen molar-refractivity contribution in [2.75, 3.05) is 0 Å². The van der Waals surface area contributed by atoms with Gasteiger partial charge < -0.3 is 9.88 Å². The van der Waals surface area contributed by atoms with Crippen molar-refractivity contribution in [1.82, 2.24) is 14.9 Å². The summed E-state index contributed by atoms with van der Waals surface area (Å²) in [5, 5.41) is 3.97. The molecule has 0 radical (unpaired) electrons. The second-order valence-electron chi connectivity index (χ2n) is 7.55. The van der Waals surface area contributed by atoms with Crippen LogP contribution < -0.4 is 5.32 Å². The number of fused-ring (bicyclic) bond motifs is 1. The second-order valence-corrected chi connectivity index (χ2v) is 7.55. The third kappa shape index (κ3) is 3.29. The van der Waals surface area contributed by atoms with E-state index < -0.39 is 0 Å². The van der Waals surface area contributed by atoms with Gasteiger partial charge in [-0.05, 0) is 78.9 Å². The van der Waals surface area contributed by atoms with Crippen molar-refractivity contribution in [2.45, 2.75) is 25.8 Å². The number of halogens is 1. The lowest BCUT2D eigenvalue weighted by atomic mass is 9.96. The zero-order valence-corrected chi connectivity index (χ0v) is 16.0. The predicted molar refractivity (Wildman–Crippen MR) is 112 cm³/mol. The Bertz CT molecular complexity index is 1230. The van der Waals surface area contributed by atoms with Crippen LogP contribution in [-0.2, 0) is 0 Å². The van der Waals surface area contributed by atoms with Crippen LogP contribution in [0, 0.1) is 12.7 Å². The molecular weight excluding hydrogens is 365 g/mol. The number of rotatable bonds is 4. The second kappa shape index (κ2) is 6.85. The third-order valence-electron chi connectivity index (χ3n) is 5.44. The van der Waals surface area contributed by atoms with Gasteiger partial charge in [0.05, 0.1) is 17.4 Å². The van der Waals surface area contributed by atoms with E-state index in [-0.39, 0.29) is 17.8 Å². The number of carbonyl (C=O) groups excluding carboxylic acids is 1. The van der Waals surface area contributed by atoms with E-state index in [1.807, 2.05) is 48.8 Å². The van der Waals surface area contributed by atoms with Gasteiger partial charge in [0, 0.05) is 29.4 Å². The summed E-state index contributed by atoms with van der Waals surface area (Å²) in [5.74, 6) is -0.576. The van der Waals surface area contributed by atoms with E-state index in [1.54, 1.807) is 19.2 Å². The summed E-state index contributed by atoms with van der Waals surface area (Å²) < 4.78 is 16.7. The summed E-state index contributed by atoms with van der Waals surface area (Å²) in [6, 6.07) is 15.3. The Balaban J connectivity index is 1.56. The number of hydrogen-bond donors (Lipinski definition) is 1. The molecule has 144 valence electrons. The lowest BCUT2D eigenvalue weighted by Crippen LogP contribution is -2.25. The number of nitrogens with zero attached hydrogens (tertiary/aromatic N) is 2. The van der Waals surface area contributed by atoms with Gasteiger partial charge >= 0.3 is 0 Å². The highest BCUT2D eigenvalue weighted by Gasteiger charge is 2.24. The number of nitrogens with one attached hydrogen (secondary N) is 1. The van der Waals surface area contributed by atoms with Crippen LogP contribution >= 0.6 is 0 Å². The lowest BCUT2D eigenvalue weighted by Gasteiger charge is -2.12. The minimum Gasteiger partial charge on any atom is -0.349 e. The van der Waals surface area contributed by atoms with Gasteiger partial charge in [-0.1, -0.05) is 6.07 Å². The van der Waals surface area contributed by atoms with Gasteiger partial charge in [-0.3, -0.25) is 9.78 Å². The van der Waals surface area contributed by atoms with Gasteiger partial charge in [0.15, 0.2) is 0 Å². The Morgan fingerprint density at radius 3 is 2.79 bits per heavy atom. The van der Waals surface area contributed by atoms with Crippen molar-refractivity contribution in [2.24, 2.45) is 0 Å². The molecular formula is C24H20FN3O. The number of carbonyl (C=O) groups is 1. The minimum absolute atomic E-state index is 0.212. The topological polar surface area (TPSA) is 46.9 Å². The summed E-state index contributed by atoms with van der Waals surface area (Å²) in [4.78, 5) is 16.6. The Kier molecular flexibility index (Phi) is 4.16. The standard InChI is InChI=1S/C24H20FN3O/c1-15-21(12-18(13-22(15)25)24(29)27-19-5-6-19)16-4-7-23-17(11-16)8-10-28(23)20-3-2-9-26-14-20/h2-4,7-14,19H,5-6H2,1H3,(H,27,29). The van der Waals surface area contributed by atoms with Crippen LogP contribution in [0.5, 0.6) is 0 Å². The van der Waals surface area contributed by atoms with Crippen molar-refractivity contribution < 1.29 is 9.18 Å². The molecule has 2 aromatic carbocycles. The first kappa shape index (κ1) is 17.6. The van der Waals surface area contributed by atoms with E-state index in [4.69, 9.17) is 0 Å². The minimum atomic E-state index is -0.364. The van der Waals surface area contributed by atoms with Crippen molar-refractivity contribution in [3.8, 4) is 16.8 Å². The van der Waals surface area contributed by atoms with Crippen LogP contribution in [0.25, 0.3) is 27.7 Å². The van der Waals surface area contributed by atoms with Gasteiger partial charge in [0.1, 0.15) is 5.82 Å². The first-order chi connectivity index (χ1) is 14.1. The van der Waals surface area contributed by atoms with Gasteiger partial charge in [-0.2, -0.15) is 0 Å². The molecule has 1 aliphatic carbocycles. The maximum Gasteiger partial charge on any atom is 0.251 e. The molecule has 29 heavy (non-hydrogen) atoms. The fourth-order valence-corrected chi connectivity index (χ4v) is 3.64. The van der Waals surface area contributed by atoms with Gasteiger partial charge in [0.25, 0.3) is 5.91 Å². The highest BCUT2D eigenvalue weighted by Crippen LogP contribution is 2.31. The molecule has 1 saturated carbocycles. The number of hydrogen-bond acceptors (Lipinski definition) is 2. The van der Waals surface area contributed by atoms with Crippen molar-refractivity contribution in [3.63, 3.8) is 0 Å². The number of benzene rings is 2. The van der Waals surface area contributed by atoms with Crippen molar-refractivity contribution in [1.29, 1.82) is 0 Å². The van der Waals surface area contributed by atoms with E-state index in [0.29, 0.717) is 11.1 Å². The Morgan fingerprint density at radius 2 is 2.03 bits per heavy atom. The van der Waals surface area contributed by atoms with Crippen LogP contribution in [0.3, 0.4) is 0 Å². The van der Waals surface area contributed by atoms with E-state index in [0.717, 1.165) is 40.6 Å². The molecule has 1 fully saturated rings. The molecule has 1 N–H and O–H groups in total. The maximum absolute atomic E-state index is 14.6. The van der Waals surface area contributed by atoms with Crippen LogP contribution in [-0.4, -0.2) is 21.5 Å².